The predicted octanol–water partition coefficient (Wildman–Crippen LogP) is 1.77. The Bertz CT molecular complexity index is 972. The van der Waals surface area contributed by atoms with E-state index in [1.165, 1.54) is 11.0 Å². The monoisotopic (exact) mass is 353 g/mol. The SMILES string of the molecule is O=C(NCc1ccccn1)C1CC(=O)N(c2n[nH]c3cccc(F)c23)C1. The van der Waals surface area contributed by atoms with Crippen molar-refractivity contribution in [2.75, 3.05) is 11.4 Å². The molecule has 2 amide bonds. The average molecular weight is 353 g/mol. The number of fused-ring (bicyclic) bond motifs is 1. The van der Waals surface area contributed by atoms with Crippen molar-refractivity contribution in [1.29, 1.82) is 0 Å². The number of H-pyrrole nitrogens is 1. The summed E-state index contributed by atoms with van der Waals surface area (Å²) >= 11 is 0. The summed E-state index contributed by atoms with van der Waals surface area (Å²) in [5.41, 5.74) is 1.25. The van der Waals surface area contributed by atoms with Crippen LogP contribution in [0, 0.1) is 11.7 Å². The molecule has 1 saturated heterocycles. The molecule has 0 radical (unpaired) electrons. The molecule has 1 fully saturated rings. The normalized spacial score (nSPS) is 17.0. The van der Waals surface area contributed by atoms with Crippen molar-refractivity contribution in [3.8, 4) is 0 Å². The van der Waals surface area contributed by atoms with Crippen LogP contribution in [-0.4, -0.2) is 33.5 Å². The molecule has 0 spiro atoms. The number of rotatable bonds is 4. The van der Waals surface area contributed by atoms with Crippen LogP contribution in [0.5, 0.6) is 0 Å². The minimum absolute atomic E-state index is 0.0663. The first-order chi connectivity index (χ1) is 12.6. The Kier molecular flexibility index (Phi) is 4.08. The number of pyridine rings is 1. The molecule has 132 valence electrons. The minimum atomic E-state index is -0.510. The van der Waals surface area contributed by atoms with Crippen LogP contribution >= 0.6 is 0 Å². The van der Waals surface area contributed by atoms with E-state index in [9.17, 15) is 14.0 Å². The van der Waals surface area contributed by atoms with Gasteiger partial charge < -0.3 is 5.32 Å². The molecule has 3 aromatic rings. The summed E-state index contributed by atoms with van der Waals surface area (Å²) in [6.07, 6.45) is 1.72. The number of benzene rings is 1. The van der Waals surface area contributed by atoms with Gasteiger partial charge in [0, 0.05) is 19.2 Å². The molecule has 2 aromatic heterocycles. The lowest BCUT2D eigenvalue weighted by Crippen LogP contribution is -2.33. The molecule has 0 aliphatic carbocycles. The first-order valence-corrected chi connectivity index (χ1v) is 8.24. The number of halogens is 1. The number of aromatic nitrogens is 3. The second kappa shape index (κ2) is 6.55. The van der Waals surface area contributed by atoms with Gasteiger partial charge >= 0.3 is 0 Å². The summed E-state index contributed by atoms with van der Waals surface area (Å²) in [4.78, 5) is 30.3. The number of anilines is 1. The van der Waals surface area contributed by atoms with Gasteiger partial charge in [-0.1, -0.05) is 12.1 Å². The van der Waals surface area contributed by atoms with Crippen LogP contribution in [0.25, 0.3) is 10.9 Å². The van der Waals surface area contributed by atoms with Crippen molar-refractivity contribution < 1.29 is 14.0 Å². The lowest BCUT2D eigenvalue weighted by Gasteiger charge is -2.14. The molecule has 1 aromatic carbocycles. The number of hydrogen-bond acceptors (Lipinski definition) is 4. The highest BCUT2D eigenvalue weighted by Gasteiger charge is 2.37. The summed E-state index contributed by atoms with van der Waals surface area (Å²) < 4.78 is 14.1. The highest BCUT2D eigenvalue weighted by Crippen LogP contribution is 2.31. The first kappa shape index (κ1) is 16.2. The quantitative estimate of drug-likeness (QED) is 0.748. The van der Waals surface area contributed by atoms with Crippen LogP contribution in [0.4, 0.5) is 10.2 Å². The zero-order chi connectivity index (χ0) is 18.1. The van der Waals surface area contributed by atoms with Gasteiger partial charge in [0.2, 0.25) is 11.8 Å². The Morgan fingerprint density at radius 3 is 3.00 bits per heavy atom. The third-order valence-corrected chi connectivity index (χ3v) is 4.44. The summed E-state index contributed by atoms with van der Waals surface area (Å²) in [6, 6.07) is 10.0. The van der Waals surface area contributed by atoms with E-state index in [0.717, 1.165) is 5.69 Å². The molecular formula is C18H16FN5O2. The zero-order valence-electron chi connectivity index (χ0n) is 13.8. The second-order valence-electron chi connectivity index (χ2n) is 6.15. The van der Waals surface area contributed by atoms with E-state index in [1.807, 2.05) is 12.1 Å². The number of carbonyl (C=O) groups excluding carboxylic acids is 2. The van der Waals surface area contributed by atoms with Crippen molar-refractivity contribution >= 4 is 28.5 Å². The van der Waals surface area contributed by atoms with Crippen LogP contribution in [0.2, 0.25) is 0 Å². The molecule has 1 atom stereocenters. The number of carbonyl (C=O) groups is 2. The lowest BCUT2D eigenvalue weighted by atomic mass is 10.1. The van der Waals surface area contributed by atoms with E-state index in [1.54, 1.807) is 24.4 Å². The number of amides is 2. The van der Waals surface area contributed by atoms with E-state index in [0.29, 0.717) is 12.1 Å². The van der Waals surface area contributed by atoms with Crippen molar-refractivity contribution in [2.45, 2.75) is 13.0 Å². The van der Waals surface area contributed by atoms with Gasteiger partial charge in [-0.3, -0.25) is 24.6 Å². The number of nitrogens with one attached hydrogen (secondary N) is 2. The Labute approximate surface area is 148 Å². The topological polar surface area (TPSA) is 91.0 Å². The second-order valence-corrected chi connectivity index (χ2v) is 6.15. The van der Waals surface area contributed by atoms with Crippen molar-refractivity contribution in [2.24, 2.45) is 5.92 Å². The third kappa shape index (κ3) is 2.90. The Morgan fingerprint density at radius 1 is 1.31 bits per heavy atom. The van der Waals surface area contributed by atoms with Crippen molar-refractivity contribution in [1.82, 2.24) is 20.5 Å². The highest BCUT2D eigenvalue weighted by molar-refractivity contribution is 6.05. The molecule has 1 aliphatic heterocycles. The Hall–Kier alpha value is -3.29. The number of nitrogens with zero attached hydrogens (tertiary/aromatic N) is 3. The van der Waals surface area contributed by atoms with Gasteiger partial charge in [-0.25, -0.2) is 4.39 Å². The fraction of sp³-hybridized carbons (Fsp3) is 0.222. The summed E-state index contributed by atoms with van der Waals surface area (Å²) in [6.45, 7) is 0.464. The largest absolute Gasteiger partial charge is 0.350 e. The van der Waals surface area contributed by atoms with E-state index in [4.69, 9.17) is 0 Å². The third-order valence-electron chi connectivity index (χ3n) is 4.44. The van der Waals surface area contributed by atoms with Crippen LogP contribution in [-0.2, 0) is 16.1 Å². The van der Waals surface area contributed by atoms with Gasteiger partial charge in [0.1, 0.15) is 5.82 Å². The van der Waals surface area contributed by atoms with Crippen LogP contribution in [0.15, 0.2) is 42.6 Å². The van der Waals surface area contributed by atoms with E-state index in [-0.39, 0.29) is 36.0 Å². The van der Waals surface area contributed by atoms with Crippen LogP contribution < -0.4 is 10.2 Å². The zero-order valence-corrected chi connectivity index (χ0v) is 13.8. The molecule has 4 rings (SSSR count). The van der Waals surface area contributed by atoms with Crippen molar-refractivity contribution in [3.63, 3.8) is 0 Å². The van der Waals surface area contributed by atoms with Gasteiger partial charge in [0.05, 0.1) is 29.1 Å². The smallest absolute Gasteiger partial charge is 0.229 e. The molecule has 2 N–H and O–H groups in total. The molecule has 3 heterocycles. The highest BCUT2D eigenvalue weighted by atomic mass is 19.1. The van der Waals surface area contributed by atoms with Crippen LogP contribution in [0.1, 0.15) is 12.1 Å². The molecule has 8 heteroatoms. The standard InChI is InChI=1S/C18H16FN5O2/c19-13-5-3-6-14-16(13)17(23-22-14)24-10-11(8-15(24)25)18(26)21-9-12-4-1-2-7-20-12/h1-7,11H,8-10H2,(H,21,26)(H,22,23). The Balaban J connectivity index is 1.49. The molecule has 1 unspecified atom stereocenters. The van der Waals surface area contributed by atoms with E-state index in [2.05, 4.69) is 20.5 Å². The van der Waals surface area contributed by atoms with Gasteiger partial charge in [0.25, 0.3) is 0 Å². The van der Waals surface area contributed by atoms with Gasteiger partial charge in [-0.15, -0.1) is 0 Å². The molecule has 1 aliphatic rings. The van der Waals surface area contributed by atoms with E-state index >= 15 is 0 Å². The van der Waals surface area contributed by atoms with Crippen molar-refractivity contribution in [3.05, 3.63) is 54.1 Å². The maximum Gasteiger partial charge on any atom is 0.229 e. The fourth-order valence-corrected chi connectivity index (χ4v) is 3.12. The average Bonchev–Trinajstić information content (AvgIpc) is 3.25. The maximum absolute atomic E-state index is 14.1. The van der Waals surface area contributed by atoms with Gasteiger partial charge in [-0.05, 0) is 24.3 Å². The van der Waals surface area contributed by atoms with Gasteiger partial charge in [-0.2, -0.15) is 5.10 Å². The Morgan fingerprint density at radius 2 is 2.19 bits per heavy atom. The predicted molar refractivity (Wildman–Crippen MR) is 92.6 cm³/mol. The molecule has 7 nitrogen and oxygen atoms in total. The summed E-state index contributed by atoms with van der Waals surface area (Å²) in [5, 5.41) is 9.85. The number of hydrogen-bond donors (Lipinski definition) is 2. The van der Waals surface area contributed by atoms with Crippen LogP contribution in [0.3, 0.4) is 0 Å². The number of aromatic amines is 1. The molecule has 0 saturated carbocycles. The minimum Gasteiger partial charge on any atom is -0.350 e. The summed E-state index contributed by atoms with van der Waals surface area (Å²) in [5.74, 6) is -1.22. The first-order valence-electron chi connectivity index (χ1n) is 8.24. The molecule has 0 bridgehead atoms. The van der Waals surface area contributed by atoms with Gasteiger partial charge in [0.15, 0.2) is 5.82 Å². The van der Waals surface area contributed by atoms with E-state index < -0.39 is 11.7 Å². The fourth-order valence-electron chi connectivity index (χ4n) is 3.12. The molecular weight excluding hydrogens is 337 g/mol. The molecule has 26 heavy (non-hydrogen) atoms. The summed E-state index contributed by atoms with van der Waals surface area (Å²) in [7, 11) is 0. The lowest BCUT2D eigenvalue weighted by molar-refractivity contribution is -0.126. The maximum atomic E-state index is 14.1.